The normalized spacial score (nSPS) is 25.2. The molecule has 2 N–H and O–H groups in total. The van der Waals surface area contributed by atoms with Crippen molar-refractivity contribution in [3.8, 4) is 0 Å². The fraction of sp³-hybridized carbons (Fsp3) is 0.875. The molecule has 0 aromatic heterocycles. The summed E-state index contributed by atoms with van der Waals surface area (Å²) in [5.74, 6) is -3.29. The first-order chi connectivity index (χ1) is 5.90. The van der Waals surface area contributed by atoms with E-state index in [1.54, 1.807) is 0 Å². The number of hydrogen-bond donors (Lipinski definition) is 2. The van der Waals surface area contributed by atoms with Crippen molar-refractivity contribution in [1.82, 2.24) is 5.32 Å². The molecule has 1 aliphatic carbocycles. The Kier molecular flexibility index (Phi) is 2.56. The Morgan fingerprint density at radius 3 is 2.15 bits per heavy atom. The van der Waals surface area contributed by atoms with Crippen LogP contribution in [0, 0.1) is 0 Å². The molecule has 0 atom stereocenters. The van der Waals surface area contributed by atoms with Gasteiger partial charge in [-0.25, -0.2) is 8.78 Å². The van der Waals surface area contributed by atoms with Gasteiger partial charge in [-0.2, -0.15) is 0 Å². The Morgan fingerprint density at radius 1 is 1.31 bits per heavy atom. The Labute approximate surface area is 75.1 Å². The van der Waals surface area contributed by atoms with E-state index in [-0.39, 0.29) is 12.8 Å². The molecule has 1 fully saturated rings. The van der Waals surface area contributed by atoms with Crippen LogP contribution in [0.5, 0.6) is 0 Å². The average molecular weight is 193 g/mol. The van der Waals surface area contributed by atoms with Gasteiger partial charge in [-0.15, -0.1) is 0 Å². The Morgan fingerprint density at radius 2 is 1.77 bits per heavy atom. The zero-order valence-corrected chi connectivity index (χ0v) is 7.44. The topological polar surface area (TPSA) is 49.3 Å². The second kappa shape index (κ2) is 3.21. The molecule has 0 spiro atoms. The van der Waals surface area contributed by atoms with Gasteiger partial charge >= 0.3 is 0 Å². The Hall–Kier alpha value is -0.710. The SMILES string of the molecule is CNC(=O)C1(O)CCC(F)(F)CC1. The third-order valence-corrected chi connectivity index (χ3v) is 2.46. The molecule has 1 amide bonds. The minimum Gasteiger partial charge on any atom is -0.380 e. The van der Waals surface area contributed by atoms with Crippen LogP contribution in [-0.2, 0) is 4.79 Å². The zero-order chi connectivity index (χ0) is 10.1. The lowest BCUT2D eigenvalue weighted by atomic mass is 9.82. The predicted octanol–water partition coefficient (Wildman–Crippen LogP) is 0.673. The number of carbonyl (C=O) groups is 1. The molecule has 0 aromatic rings. The van der Waals surface area contributed by atoms with Crippen LogP contribution in [0.4, 0.5) is 8.78 Å². The van der Waals surface area contributed by atoms with Gasteiger partial charge in [0.15, 0.2) is 0 Å². The van der Waals surface area contributed by atoms with Gasteiger partial charge in [0.1, 0.15) is 5.60 Å². The molecule has 0 aromatic carbocycles. The molecular formula is C8H13F2NO2. The van der Waals surface area contributed by atoms with E-state index in [1.165, 1.54) is 7.05 Å². The van der Waals surface area contributed by atoms with Crippen molar-refractivity contribution in [1.29, 1.82) is 0 Å². The van der Waals surface area contributed by atoms with Crippen LogP contribution in [0.3, 0.4) is 0 Å². The summed E-state index contributed by atoms with van der Waals surface area (Å²) < 4.78 is 25.3. The molecule has 0 bridgehead atoms. The highest BCUT2D eigenvalue weighted by atomic mass is 19.3. The fourth-order valence-corrected chi connectivity index (χ4v) is 1.49. The molecule has 1 aliphatic rings. The van der Waals surface area contributed by atoms with Crippen molar-refractivity contribution < 1.29 is 18.7 Å². The number of aliphatic hydroxyl groups is 1. The van der Waals surface area contributed by atoms with Gasteiger partial charge in [-0.1, -0.05) is 0 Å². The molecule has 0 unspecified atom stereocenters. The molecule has 3 nitrogen and oxygen atoms in total. The van der Waals surface area contributed by atoms with Gasteiger partial charge in [-0.05, 0) is 12.8 Å². The summed E-state index contributed by atoms with van der Waals surface area (Å²) in [6.45, 7) is 0. The van der Waals surface area contributed by atoms with Gasteiger partial charge in [0.25, 0.3) is 5.91 Å². The Bertz CT molecular complexity index is 208. The van der Waals surface area contributed by atoms with Crippen molar-refractivity contribution in [2.45, 2.75) is 37.2 Å². The fourth-order valence-electron chi connectivity index (χ4n) is 1.49. The van der Waals surface area contributed by atoms with E-state index in [2.05, 4.69) is 5.32 Å². The quantitative estimate of drug-likeness (QED) is 0.643. The second-order valence-electron chi connectivity index (χ2n) is 3.47. The molecule has 0 radical (unpaired) electrons. The van der Waals surface area contributed by atoms with Crippen LogP contribution < -0.4 is 5.32 Å². The highest BCUT2D eigenvalue weighted by molar-refractivity contribution is 5.84. The van der Waals surface area contributed by atoms with Gasteiger partial charge in [-0.3, -0.25) is 4.79 Å². The summed E-state index contributed by atoms with van der Waals surface area (Å²) in [7, 11) is 1.38. The Balaban J connectivity index is 2.61. The number of likely N-dealkylation sites (N-methyl/N-ethyl adjacent to an activating group) is 1. The molecular weight excluding hydrogens is 180 g/mol. The summed E-state index contributed by atoms with van der Waals surface area (Å²) in [5.41, 5.74) is -1.59. The maximum absolute atomic E-state index is 12.7. The second-order valence-corrected chi connectivity index (χ2v) is 3.47. The van der Waals surface area contributed by atoms with Gasteiger partial charge in [0, 0.05) is 19.9 Å². The number of rotatable bonds is 1. The minimum atomic E-state index is -2.72. The smallest absolute Gasteiger partial charge is 0.251 e. The van der Waals surface area contributed by atoms with E-state index in [1.807, 2.05) is 0 Å². The van der Waals surface area contributed by atoms with Crippen molar-refractivity contribution >= 4 is 5.91 Å². The lowest BCUT2D eigenvalue weighted by Crippen LogP contribution is -2.49. The first kappa shape index (κ1) is 10.4. The maximum Gasteiger partial charge on any atom is 0.251 e. The summed E-state index contributed by atoms with van der Waals surface area (Å²) in [6, 6.07) is 0. The first-order valence-corrected chi connectivity index (χ1v) is 4.22. The van der Waals surface area contributed by atoms with Crippen LogP contribution in [0.1, 0.15) is 25.7 Å². The monoisotopic (exact) mass is 193 g/mol. The van der Waals surface area contributed by atoms with E-state index in [0.717, 1.165) is 0 Å². The van der Waals surface area contributed by atoms with Crippen LogP contribution in [0.25, 0.3) is 0 Å². The largest absolute Gasteiger partial charge is 0.380 e. The summed E-state index contributed by atoms with van der Waals surface area (Å²) in [5, 5.41) is 11.9. The molecule has 0 aliphatic heterocycles. The highest BCUT2D eigenvalue weighted by Crippen LogP contribution is 2.38. The van der Waals surface area contributed by atoms with E-state index < -0.39 is 30.3 Å². The molecule has 0 heterocycles. The zero-order valence-electron chi connectivity index (χ0n) is 7.44. The summed E-state index contributed by atoms with van der Waals surface area (Å²) in [6.07, 6.45) is -1.17. The molecule has 1 saturated carbocycles. The van der Waals surface area contributed by atoms with Gasteiger partial charge in [0.05, 0.1) is 0 Å². The maximum atomic E-state index is 12.7. The van der Waals surface area contributed by atoms with E-state index in [0.29, 0.717) is 0 Å². The first-order valence-electron chi connectivity index (χ1n) is 4.22. The van der Waals surface area contributed by atoms with Crippen molar-refractivity contribution in [2.24, 2.45) is 0 Å². The number of halogens is 2. The van der Waals surface area contributed by atoms with Crippen LogP contribution in [0.2, 0.25) is 0 Å². The molecule has 5 heteroatoms. The highest BCUT2D eigenvalue weighted by Gasteiger charge is 2.46. The van der Waals surface area contributed by atoms with E-state index in [4.69, 9.17) is 0 Å². The third kappa shape index (κ3) is 2.15. The average Bonchev–Trinajstić information content (AvgIpc) is 2.09. The summed E-state index contributed by atoms with van der Waals surface area (Å²) in [4.78, 5) is 11.1. The van der Waals surface area contributed by atoms with Crippen LogP contribution in [-0.4, -0.2) is 29.6 Å². The number of carbonyl (C=O) groups excluding carboxylic acids is 1. The lowest BCUT2D eigenvalue weighted by molar-refractivity contribution is -0.152. The van der Waals surface area contributed by atoms with Crippen molar-refractivity contribution in [3.63, 3.8) is 0 Å². The number of nitrogens with one attached hydrogen (secondary N) is 1. The number of amides is 1. The van der Waals surface area contributed by atoms with Gasteiger partial charge < -0.3 is 10.4 Å². The van der Waals surface area contributed by atoms with Crippen LogP contribution in [0.15, 0.2) is 0 Å². The molecule has 0 saturated heterocycles. The molecule has 13 heavy (non-hydrogen) atoms. The minimum absolute atomic E-state index is 0.167. The predicted molar refractivity (Wildman–Crippen MR) is 42.4 cm³/mol. The van der Waals surface area contributed by atoms with Crippen molar-refractivity contribution in [2.75, 3.05) is 7.05 Å². The van der Waals surface area contributed by atoms with E-state index in [9.17, 15) is 18.7 Å². The van der Waals surface area contributed by atoms with Gasteiger partial charge in [0.2, 0.25) is 5.92 Å². The lowest BCUT2D eigenvalue weighted by Gasteiger charge is -2.34. The molecule has 1 rings (SSSR count). The summed E-state index contributed by atoms with van der Waals surface area (Å²) >= 11 is 0. The number of hydrogen-bond acceptors (Lipinski definition) is 2. The van der Waals surface area contributed by atoms with Crippen molar-refractivity contribution in [3.05, 3.63) is 0 Å². The molecule has 76 valence electrons. The number of alkyl halides is 2. The third-order valence-electron chi connectivity index (χ3n) is 2.46. The standard InChI is InChI=1S/C8H13F2NO2/c1-11-6(12)7(13)2-4-8(9,10)5-3-7/h13H,2-5H2,1H3,(H,11,12). The van der Waals surface area contributed by atoms with E-state index >= 15 is 0 Å². The van der Waals surface area contributed by atoms with Crippen LogP contribution >= 0.6 is 0 Å².